The van der Waals surface area contributed by atoms with Crippen molar-refractivity contribution in [1.82, 2.24) is 19.7 Å². The van der Waals surface area contributed by atoms with Gasteiger partial charge >= 0.3 is 0 Å². The molecule has 0 aliphatic carbocycles. The fourth-order valence-electron chi connectivity index (χ4n) is 3.72. The molecule has 9 heteroatoms. The van der Waals surface area contributed by atoms with Gasteiger partial charge in [-0.15, -0.1) is 0 Å². The maximum Gasteiger partial charge on any atom is 0.256 e. The highest BCUT2D eigenvalue weighted by atomic mass is 32.2. The molecule has 0 saturated carbocycles. The summed E-state index contributed by atoms with van der Waals surface area (Å²) in [5.41, 5.74) is 1.31. The number of fused-ring (bicyclic) bond motifs is 1. The van der Waals surface area contributed by atoms with E-state index >= 15 is 0 Å². The van der Waals surface area contributed by atoms with Crippen molar-refractivity contribution in [2.45, 2.75) is 19.0 Å². The third-order valence-corrected chi connectivity index (χ3v) is 6.59. The number of carbonyl (C=O) groups excluding carboxylic acids is 2. The summed E-state index contributed by atoms with van der Waals surface area (Å²) in [6, 6.07) is 0.765. The smallest absolute Gasteiger partial charge is 0.256 e. The average molecular weight is 368 g/mol. The highest BCUT2D eigenvalue weighted by molar-refractivity contribution is 7.91. The third-order valence-electron chi connectivity index (χ3n) is 4.89. The molecule has 0 unspecified atom stereocenters. The van der Waals surface area contributed by atoms with Gasteiger partial charge in [-0.3, -0.25) is 9.59 Å². The fourth-order valence-corrected chi connectivity index (χ4v) is 5.70. The Bertz CT molecular complexity index is 786. The number of aromatic amines is 1. The van der Waals surface area contributed by atoms with Crippen LogP contribution in [0.15, 0.2) is 12.3 Å². The zero-order valence-corrected chi connectivity index (χ0v) is 15.5. The standard InChI is InChI=1S/C16H24N4O4S/c1-11-12(4-5-17-11)16(22)20-7-6-19(15(21)8-18(2)3)13-9-25(23,24)10-14(13)20/h4-5,13-14,17H,6-10H2,1-3H3/t13-,14+/m1/s1. The number of H-pyrrole nitrogens is 1. The molecule has 2 amide bonds. The molecule has 3 rings (SSSR count). The van der Waals surface area contributed by atoms with Gasteiger partial charge in [0.2, 0.25) is 5.91 Å². The van der Waals surface area contributed by atoms with E-state index in [2.05, 4.69) is 4.98 Å². The van der Waals surface area contributed by atoms with Crippen LogP contribution in [0, 0.1) is 6.92 Å². The first-order valence-corrected chi connectivity index (χ1v) is 10.1. The predicted molar refractivity (Wildman–Crippen MR) is 93.1 cm³/mol. The molecule has 2 saturated heterocycles. The number of hydrogen-bond donors (Lipinski definition) is 1. The predicted octanol–water partition coefficient (Wildman–Crippen LogP) is -0.665. The van der Waals surface area contributed by atoms with Crippen LogP contribution >= 0.6 is 0 Å². The van der Waals surface area contributed by atoms with Crippen LogP contribution in [-0.4, -0.2) is 97.2 Å². The van der Waals surface area contributed by atoms with Crippen molar-refractivity contribution < 1.29 is 18.0 Å². The van der Waals surface area contributed by atoms with Crippen molar-refractivity contribution in [3.8, 4) is 0 Å². The molecular formula is C16H24N4O4S. The Labute approximate surface area is 147 Å². The second kappa shape index (κ2) is 6.45. The number of likely N-dealkylation sites (N-methyl/N-ethyl adjacent to an activating group) is 1. The normalized spacial score (nSPS) is 25.3. The maximum absolute atomic E-state index is 12.9. The molecule has 2 aliphatic heterocycles. The van der Waals surface area contributed by atoms with E-state index in [1.165, 1.54) is 0 Å². The van der Waals surface area contributed by atoms with Gasteiger partial charge in [0.15, 0.2) is 9.84 Å². The molecule has 0 radical (unpaired) electrons. The van der Waals surface area contributed by atoms with Crippen molar-refractivity contribution in [3.05, 3.63) is 23.5 Å². The van der Waals surface area contributed by atoms with Gasteiger partial charge in [-0.2, -0.15) is 0 Å². The molecule has 0 bridgehead atoms. The monoisotopic (exact) mass is 368 g/mol. The highest BCUT2D eigenvalue weighted by Crippen LogP contribution is 2.28. The molecule has 1 aromatic heterocycles. The molecule has 2 atom stereocenters. The van der Waals surface area contributed by atoms with Crippen molar-refractivity contribution in [2.75, 3.05) is 45.2 Å². The zero-order valence-electron chi connectivity index (χ0n) is 14.7. The van der Waals surface area contributed by atoms with Gasteiger partial charge in [0.25, 0.3) is 5.91 Å². The minimum atomic E-state index is -3.28. The Morgan fingerprint density at radius 1 is 1.20 bits per heavy atom. The zero-order chi connectivity index (χ0) is 18.4. The summed E-state index contributed by atoms with van der Waals surface area (Å²) in [6.45, 7) is 2.75. The number of amides is 2. The molecule has 0 spiro atoms. The first-order chi connectivity index (χ1) is 11.7. The van der Waals surface area contributed by atoms with E-state index < -0.39 is 21.9 Å². The minimum Gasteiger partial charge on any atom is -0.365 e. The summed E-state index contributed by atoms with van der Waals surface area (Å²) in [5.74, 6) is -0.432. The van der Waals surface area contributed by atoms with Crippen molar-refractivity contribution in [3.63, 3.8) is 0 Å². The minimum absolute atomic E-state index is 0.0767. The van der Waals surface area contributed by atoms with E-state index in [4.69, 9.17) is 0 Å². The second-order valence-electron chi connectivity index (χ2n) is 7.05. The number of carbonyl (C=O) groups is 2. The summed E-state index contributed by atoms with van der Waals surface area (Å²) in [6.07, 6.45) is 1.70. The number of nitrogens with zero attached hydrogens (tertiary/aromatic N) is 3. The lowest BCUT2D eigenvalue weighted by atomic mass is 10.0. The topological polar surface area (TPSA) is 93.8 Å². The molecular weight excluding hydrogens is 344 g/mol. The average Bonchev–Trinajstić information content (AvgIpc) is 3.06. The molecule has 2 aliphatic rings. The van der Waals surface area contributed by atoms with Crippen LogP contribution < -0.4 is 0 Å². The largest absolute Gasteiger partial charge is 0.365 e. The Hall–Kier alpha value is -1.87. The Balaban J connectivity index is 1.87. The fraction of sp³-hybridized carbons (Fsp3) is 0.625. The second-order valence-corrected chi connectivity index (χ2v) is 9.21. The van der Waals surface area contributed by atoms with Crippen LogP contribution in [-0.2, 0) is 14.6 Å². The summed E-state index contributed by atoms with van der Waals surface area (Å²) in [5, 5.41) is 0. The lowest BCUT2D eigenvalue weighted by Gasteiger charge is -2.44. The van der Waals surface area contributed by atoms with Gasteiger partial charge in [0.05, 0.1) is 35.7 Å². The SMILES string of the molecule is Cc1[nH]ccc1C(=O)N1CCN(C(=O)CN(C)C)[C@@H]2CS(=O)(=O)C[C@@H]21. The first-order valence-electron chi connectivity index (χ1n) is 8.29. The number of nitrogens with one attached hydrogen (secondary N) is 1. The molecule has 1 aromatic rings. The van der Waals surface area contributed by atoms with Crippen molar-refractivity contribution >= 4 is 21.7 Å². The molecule has 8 nitrogen and oxygen atoms in total. The number of aryl methyl sites for hydroxylation is 1. The third kappa shape index (κ3) is 3.43. The van der Waals surface area contributed by atoms with Gasteiger partial charge in [0.1, 0.15) is 0 Å². The van der Waals surface area contributed by atoms with Gasteiger partial charge in [-0.05, 0) is 27.1 Å². The van der Waals surface area contributed by atoms with E-state index in [0.29, 0.717) is 18.7 Å². The molecule has 3 heterocycles. The quantitative estimate of drug-likeness (QED) is 0.764. The molecule has 25 heavy (non-hydrogen) atoms. The van der Waals surface area contributed by atoms with Crippen molar-refractivity contribution in [1.29, 1.82) is 0 Å². The van der Waals surface area contributed by atoms with Crippen LogP contribution in [0.5, 0.6) is 0 Å². The molecule has 2 fully saturated rings. The van der Waals surface area contributed by atoms with E-state index in [1.54, 1.807) is 41.1 Å². The number of piperazine rings is 1. The lowest BCUT2D eigenvalue weighted by molar-refractivity contribution is -0.136. The lowest BCUT2D eigenvalue weighted by Crippen LogP contribution is -2.62. The Kier molecular flexibility index (Phi) is 4.63. The van der Waals surface area contributed by atoms with Crippen LogP contribution in [0.3, 0.4) is 0 Å². The molecule has 0 aromatic carbocycles. The summed E-state index contributed by atoms with van der Waals surface area (Å²) in [4.78, 5) is 33.4. The highest BCUT2D eigenvalue weighted by Gasteiger charge is 2.49. The Morgan fingerprint density at radius 2 is 1.80 bits per heavy atom. The number of sulfone groups is 1. The number of aromatic nitrogens is 1. The van der Waals surface area contributed by atoms with Crippen LogP contribution in [0.2, 0.25) is 0 Å². The number of rotatable bonds is 3. The molecule has 1 N–H and O–H groups in total. The Morgan fingerprint density at radius 3 is 2.36 bits per heavy atom. The number of hydrogen-bond acceptors (Lipinski definition) is 5. The van der Waals surface area contributed by atoms with Gasteiger partial charge in [-0.25, -0.2) is 8.42 Å². The van der Waals surface area contributed by atoms with E-state index in [-0.39, 0.29) is 29.9 Å². The van der Waals surface area contributed by atoms with Crippen molar-refractivity contribution in [2.24, 2.45) is 0 Å². The van der Waals surface area contributed by atoms with E-state index in [9.17, 15) is 18.0 Å². The van der Waals surface area contributed by atoms with Gasteiger partial charge < -0.3 is 19.7 Å². The molecule has 138 valence electrons. The summed E-state index contributed by atoms with van der Waals surface area (Å²) >= 11 is 0. The van der Waals surface area contributed by atoms with Crippen LogP contribution in [0.25, 0.3) is 0 Å². The maximum atomic E-state index is 12.9. The summed E-state index contributed by atoms with van der Waals surface area (Å²) in [7, 11) is 0.323. The summed E-state index contributed by atoms with van der Waals surface area (Å²) < 4.78 is 24.4. The first kappa shape index (κ1) is 17.9. The van der Waals surface area contributed by atoms with Crippen LogP contribution in [0.4, 0.5) is 0 Å². The van der Waals surface area contributed by atoms with Crippen LogP contribution in [0.1, 0.15) is 16.1 Å². The van der Waals surface area contributed by atoms with Gasteiger partial charge in [-0.1, -0.05) is 0 Å². The van der Waals surface area contributed by atoms with E-state index in [1.807, 2.05) is 6.92 Å². The van der Waals surface area contributed by atoms with Gasteiger partial charge in [0, 0.05) is 25.0 Å². The van der Waals surface area contributed by atoms with E-state index in [0.717, 1.165) is 5.69 Å².